The molecule has 30 heavy (non-hydrogen) atoms. The van der Waals surface area contributed by atoms with Crippen molar-refractivity contribution in [2.24, 2.45) is 0 Å². The van der Waals surface area contributed by atoms with Gasteiger partial charge < -0.3 is 32.8 Å². The molecule has 0 radical (unpaired) electrons. The molecule has 0 unspecified atom stereocenters. The first-order valence-corrected chi connectivity index (χ1v) is 8.04. The van der Waals surface area contributed by atoms with Gasteiger partial charge in [0.2, 0.25) is 0 Å². The van der Waals surface area contributed by atoms with Gasteiger partial charge in [-0.2, -0.15) is 39.5 Å². The molecule has 0 aliphatic heterocycles. The average Bonchev–Trinajstić information content (AvgIpc) is 2.08. The van der Waals surface area contributed by atoms with Crippen molar-refractivity contribution < 1.29 is 158 Å². The van der Waals surface area contributed by atoms with Crippen LogP contribution in [0.1, 0.15) is 4.28 Å². The van der Waals surface area contributed by atoms with E-state index in [-0.39, 0.29) is 94.6 Å². The van der Waals surface area contributed by atoms with Gasteiger partial charge in [-0.05, 0) is 0 Å². The Labute approximate surface area is 218 Å². The van der Waals surface area contributed by atoms with Crippen LogP contribution in [0.2, 0.25) is 0 Å². The van der Waals surface area contributed by atoms with Gasteiger partial charge in [-0.15, -0.1) is 0 Å². The van der Waals surface area contributed by atoms with E-state index < -0.39 is 46.9 Å². The topological polar surface area (TPSA) is 172 Å². The first kappa shape index (κ1) is 57.9. The summed E-state index contributed by atoms with van der Waals surface area (Å²) in [6.45, 7) is 0. The quantitative estimate of drug-likeness (QED) is 0.100. The van der Waals surface area contributed by atoms with Crippen LogP contribution in [0.25, 0.3) is 0 Å². The van der Waals surface area contributed by atoms with Gasteiger partial charge in [-0.25, -0.2) is 25.3 Å². The molecular weight excluding hydrogens is 499 g/mol. The van der Waals surface area contributed by atoms with Crippen molar-refractivity contribution >= 4 is 30.4 Å². The molecule has 0 aliphatic rings. The largest absolute Gasteiger partial charge is 1.00 e. The molecule has 25 heteroatoms. The molecule has 0 aromatic heterocycles. The van der Waals surface area contributed by atoms with Crippen molar-refractivity contribution in [1.82, 2.24) is 0 Å². The summed E-state index contributed by atoms with van der Waals surface area (Å²) in [6.07, 6.45) is 0. The molecule has 0 bridgehead atoms. The maximum atomic E-state index is 10.7. The fraction of sp³-hybridized carbons (Fsp3) is 0.600. The van der Waals surface area contributed by atoms with Crippen LogP contribution in [0.15, 0.2) is 0 Å². The van der Waals surface area contributed by atoms with Crippen molar-refractivity contribution in [3.05, 3.63) is 14.9 Å². The number of rotatable bonds is 0. The Bertz CT molecular complexity index is 627. The van der Waals surface area contributed by atoms with Crippen molar-refractivity contribution in [1.29, 1.82) is 0 Å². The first-order chi connectivity index (χ1) is 9.75. The molecule has 0 fully saturated rings. The Hall–Kier alpha value is 1.49. The molecule has 0 amide bonds. The summed E-state index contributed by atoms with van der Waals surface area (Å²) in [5.41, 5.74) is -16.9. The predicted molar refractivity (Wildman–Crippen MR) is 63.4 cm³/mol. The van der Waals surface area contributed by atoms with Crippen LogP contribution in [-0.4, -0.2) is 55.4 Å². The van der Waals surface area contributed by atoms with E-state index in [0.29, 0.717) is 0 Å². The number of alkyl halides is 9. The smallest absolute Gasteiger partial charge is 1.00 e. The minimum Gasteiger partial charge on any atom is -1.00 e. The van der Waals surface area contributed by atoms with E-state index >= 15 is 0 Å². The standard InChI is InChI=1S/3CHF3O3S.2CH3.4Li.3H/c3*2-1(3,4)8(5,6)7;;;;;;;;;/h3*(H,5,6,7);2*1H3;;;;;;;/q;;;2*-1;4*+1;3*-1/p-3/i;;;;;;;;;3*1+2. The summed E-state index contributed by atoms with van der Waals surface area (Å²) >= 11 is 0. The molecule has 0 aromatic rings. The molecule has 0 heterocycles. The fourth-order valence-electron chi connectivity index (χ4n) is 0. The third-order valence-electron chi connectivity index (χ3n) is 0.850. The van der Waals surface area contributed by atoms with Crippen molar-refractivity contribution in [3.8, 4) is 0 Å². The van der Waals surface area contributed by atoms with Gasteiger partial charge in [0.1, 0.15) is 0 Å². The number of halogens is 9. The van der Waals surface area contributed by atoms with Crippen molar-refractivity contribution in [3.63, 3.8) is 0 Å². The summed E-state index contributed by atoms with van der Waals surface area (Å²) in [5.74, 6) is 0. The van der Waals surface area contributed by atoms with E-state index in [4.69, 9.17) is 38.9 Å². The normalized spacial score (nSPS) is 11.2. The molecule has 0 aromatic carbocycles. The van der Waals surface area contributed by atoms with Gasteiger partial charge in [0, 0.05) is 0 Å². The molecule has 0 rings (SSSR count). The Morgan fingerprint density at radius 3 is 0.467 bits per heavy atom. The van der Waals surface area contributed by atoms with E-state index in [1.807, 2.05) is 0 Å². The molecule has 172 valence electrons. The Morgan fingerprint density at radius 1 is 0.433 bits per heavy atom. The minimum absolute atomic E-state index is 0. The van der Waals surface area contributed by atoms with E-state index in [2.05, 4.69) is 0 Å². The van der Waals surface area contributed by atoms with Crippen LogP contribution in [0.3, 0.4) is 0 Å². The zero-order valence-corrected chi connectivity index (χ0v) is 18.3. The zero-order chi connectivity index (χ0) is 21.0. The van der Waals surface area contributed by atoms with Gasteiger partial charge in [0.15, 0.2) is 30.4 Å². The third-order valence-corrected chi connectivity index (χ3v) is 2.55. The maximum Gasteiger partial charge on any atom is 1.00 e. The van der Waals surface area contributed by atoms with Gasteiger partial charge >= 0.3 is 92.0 Å². The second-order valence-electron chi connectivity index (χ2n) is 2.70. The van der Waals surface area contributed by atoms with Crippen LogP contribution in [0.4, 0.5) is 39.5 Å². The molecule has 0 saturated heterocycles. The van der Waals surface area contributed by atoms with Crippen LogP contribution >= 0.6 is 0 Å². The molecular formula is C5H9F9Li4O9S3-4. The van der Waals surface area contributed by atoms with Crippen LogP contribution in [0.5, 0.6) is 0 Å². The van der Waals surface area contributed by atoms with E-state index in [0.717, 1.165) is 0 Å². The third kappa shape index (κ3) is 29.5. The SMILES string of the molecule is O=S(=O)([O-])C(F)(F)F.O=S(=O)([O-])C(F)(F)F.O=S(=O)([O-])C(F)(F)F.[3H-].[3H-].[3H-].[CH3-].[CH3-].[Li+].[Li+].[Li+].[Li+]. The minimum atomic E-state index is -6.09. The Kier molecular flexibility index (Phi) is 36.4. The summed E-state index contributed by atoms with van der Waals surface area (Å²) in [7, 11) is -18.3. The van der Waals surface area contributed by atoms with Gasteiger partial charge in [-0.3, -0.25) is 0 Å². The van der Waals surface area contributed by atoms with Gasteiger partial charge in [0.05, 0.1) is 0 Å². The van der Waals surface area contributed by atoms with Crippen LogP contribution < -0.4 is 75.4 Å². The second kappa shape index (κ2) is 18.9. The monoisotopic (exact) mass is 514 g/mol. The number of hydrogen-bond donors (Lipinski definition) is 0. The average molecular weight is 514 g/mol. The number of hydrogen-bond acceptors (Lipinski definition) is 9. The first-order valence-electron chi connectivity index (χ1n) is 3.81. The van der Waals surface area contributed by atoms with Gasteiger partial charge in [-0.1, -0.05) is 0 Å². The fourth-order valence-corrected chi connectivity index (χ4v) is 0. The summed E-state index contributed by atoms with van der Waals surface area (Å²) in [4.78, 5) is 0. The molecule has 9 nitrogen and oxygen atoms in total. The summed E-state index contributed by atoms with van der Waals surface area (Å²) < 4.78 is 177. The Balaban J connectivity index is -0.0000000176. The maximum absolute atomic E-state index is 10.7. The predicted octanol–water partition coefficient (Wildman–Crippen LogP) is -10.6. The van der Waals surface area contributed by atoms with E-state index in [1.165, 1.54) is 0 Å². The second-order valence-corrected chi connectivity index (χ2v) is 6.81. The summed E-state index contributed by atoms with van der Waals surface area (Å²) in [6, 6.07) is 0. The van der Waals surface area contributed by atoms with E-state index in [1.54, 1.807) is 0 Å². The zero-order valence-electron chi connectivity index (χ0n) is 18.8. The van der Waals surface area contributed by atoms with Crippen LogP contribution in [-0.2, 0) is 30.4 Å². The molecule has 0 N–H and O–H groups in total. The van der Waals surface area contributed by atoms with Gasteiger partial charge in [0.25, 0.3) is 0 Å². The van der Waals surface area contributed by atoms with Crippen molar-refractivity contribution in [2.45, 2.75) is 16.5 Å². The molecule has 0 saturated carbocycles. The molecule has 0 aliphatic carbocycles. The van der Waals surface area contributed by atoms with E-state index in [9.17, 15) is 39.5 Å². The van der Waals surface area contributed by atoms with Crippen molar-refractivity contribution in [2.75, 3.05) is 0 Å². The van der Waals surface area contributed by atoms with Crippen LogP contribution in [0, 0.1) is 14.9 Å². The summed E-state index contributed by atoms with van der Waals surface area (Å²) in [5, 5.41) is 0. The Morgan fingerprint density at radius 2 is 0.467 bits per heavy atom. The molecule has 0 spiro atoms. The molecule has 0 atom stereocenters.